The van der Waals surface area contributed by atoms with Gasteiger partial charge in [-0.1, -0.05) is 31.5 Å². The Kier molecular flexibility index (Phi) is 4.42. The molecule has 0 N–H and O–H groups in total. The first-order valence-electron chi connectivity index (χ1n) is 6.63. The summed E-state index contributed by atoms with van der Waals surface area (Å²) in [6.45, 7) is 2.13. The van der Waals surface area contributed by atoms with Gasteiger partial charge in [-0.05, 0) is 36.6 Å². The number of alkyl halides is 3. The zero-order chi connectivity index (χ0) is 14.6. The van der Waals surface area contributed by atoms with E-state index >= 15 is 0 Å². The van der Waals surface area contributed by atoms with Crippen LogP contribution in [0.1, 0.15) is 30.9 Å². The van der Waals surface area contributed by atoms with E-state index in [4.69, 9.17) is 0 Å². The minimum Gasteiger partial charge on any atom is -0.256 e. The summed E-state index contributed by atoms with van der Waals surface area (Å²) >= 11 is 0. The fourth-order valence-electron chi connectivity index (χ4n) is 1.95. The van der Waals surface area contributed by atoms with E-state index in [2.05, 4.69) is 11.9 Å². The molecule has 1 aromatic carbocycles. The molecule has 106 valence electrons. The first kappa shape index (κ1) is 14.6. The van der Waals surface area contributed by atoms with Crippen LogP contribution in [0.25, 0.3) is 11.3 Å². The number of rotatable bonds is 4. The van der Waals surface area contributed by atoms with Crippen molar-refractivity contribution in [3.05, 3.63) is 53.7 Å². The van der Waals surface area contributed by atoms with Crippen LogP contribution >= 0.6 is 0 Å². The van der Waals surface area contributed by atoms with Crippen molar-refractivity contribution in [1.82, 2.24) is 4.98 Å². The lowest BCUT2D eigenvalue weighted by molar-refractivity contribution is -0.137. The predicted molar refractivity (Wildman–Crippen MR) is 73.3 cm³/mol. The molecular formula is C16H16F3N. The highest BCUT2D eigenvalue weighted by molar-refractivity contribution is 5.59. The molecule has 0 atom stereocenters. The van der Waals surface area contributed by atoms with Crippen LogP contribution in [0, 0.1) is 0 Å². The SMILES string of the molecule is CCCCc1ccc(-c2ccc(C(F)(F)F)cc2)nc1. The minimum absolute atomic E-state index is 0.638. The summed E-state index contributed by atoms with van der Waals surface area (Å²) in [6.07, 6.45) is 0.720. The van der Waals surface area contributed by atoms with Gasteiger partial charge < -0.3 is 0 Å². The van der Waals surface area contributed by atoms with Crippen molar-refractivity contribution in [2.45, 2.75) is 32.4 Å². The van der Waals surface area contributed by atoms with E-state index in [0.717, 1.165) is 37.0 Å². The monoisotopic (exact) mass is 279 g/mol. The number of benzene rings is 1. The third kappa shape index (κ3) is 3.59. The summed E-state index contributed by atoms with van der Waals surface area (Å²) in [5.41, 5.74) is 1.90. The van der Waals surface area contributed by atoms with Crippen LogP contribution in [0.4, 0.5) is 13.2 Å². The Hall–Kier alpha value is -1.84. The van der Waals surface area contributed by atoms with Crippen molar-refractivity contribution in [3.63, 3.8) is 0 Å². The fraction of sp³-hybridized carbons (Fsp3) is 0.312. The van der Waals surface area contributed by atoms with Crippen molar-refractivity contribution in [1.29, 1.82) is 0 Å². The highest BCUT2D eigenvalue weighted by atomic mass is 19.4. The smallest absolute Gasteiger partial charge is 0.256 e. The Morgan fingerprint density at radius 2 is 1.70 bits per heavy atom. The van der Waals surface area contributed by atoms with Gasteiger partial charge in [0.25, 0.3) is 0 Å². The van der Waals surface area contributed by atoms with Crippen molar-refractivity contribution < 1.29 is 13.2 Å². The predicted octanol–water partition coefficient (Wildman–Crippen LogP) is 5.11. The molecule has 0 radical (unpaired) electrons. The van der Waals surface area contributed by atoms with Gasteiger partial charge in [0.1, 0.15) is 0 Å². The molecule has 20 heavy (non-hydrogen) atoms. The number of hydrogen-bond acceptors (Lipinski definition) is 1. The van der Waals surface area contributed by atoms with Crippen LogP contribution in [0.2, 0.25) is 0 Å². The van der Waals surface area contributed by atoms with Crippen LogP contribution in [-0.2, 0) is 12.6 Å². The van der Waals surface area contributed by atoms with Crippen LogP contribution in [0.3, 0.4) is 0 Å². The lowest BCUT2D eigenvalue weighted by atomic mass is 10.1. The molecule has 1 aromatic heterocycles. The van der Waals surface area contributed by atoms with Gasteiger partial charge in [0.05, 0.1) is 11.3 Å². The summed E-state index contributed by atoms with van der Waals surface area (Å²) in [6, 6.07) is 8.92. The largest absolute Gasteiger partial charge is 0.416 e. The van der Waals surface area contributed by atoms with E-state index in [9.17, 15) is 13.2 Å². The Morgan fingerprint density at radius 1 is 1.00 bits per heavy atom. The number of unbranched alkanes of at least 4 members (excludes halogenated alkanes) is 1. The van der Waals surface area contributed by atoms with E-state index in [1.807, 2.05) is 12.1 Å². The summed E-state index contributed by atoms with van der Waals surface area (Å²) in [7, 11) is 0. The van der Waals surface area contributed by atoms with Crippen LogP contribution in [-0.4, -0.2) is 4.98 Å². The van der Waals surface area contributed by atoms with E-state index in [1.54, 1.807) is 6.20 Å². The Morgan fingerprint density at radius 3 is 2.20 bits per heavy atom. The maximum atomic E-state index is 12.5. The average Bonchev–Trinajstić information content (AvgIpc) is 2.45. The first-order valence-corrected chi connectivity index (χ1v) is 6.63. The third-order valence-corrected chi connectivity index (χ3v) is 3.15. The lowest BCUT2D eigenvalue weighted by Crippen LogP contribution is -2.04. The maximum absolute atomic E-state index is 12.5. The van der Waals surface area contributed by atoms with Crippen molar-refractivity contribution in [3.8, 4) is 11.3 Å². The number of aromatic nitrogens is 1. The average molecular weight is 279 g/mol. The van der Waals surface area contributed by atoms with Crippen LogP contribution in [0.15, 0.2) is 42.6 Å². The highest BCUT2D eigenvalue weighted by Gasteiger charge is 2.29. The number of nitrogens with zero attached hydrogens (tertiary/aromatic N) is 1. The summed E-state index contributed by atoms with van der Waals surface area (Å²) in [4.78, 5) is 4.31. The zero-order valence-corrected chi connectivity index (χ0v) is 11.2. The second kappa shape index (κ2) is 6.07. The molecule has 0 aliphatic heterocycles. The Bertz CT molecular complexity index is 541. The standard InChI is InChI=1S/C16H16F3N/c1-2-3-4-12-5-10-15(20-11-12)13-6-8-14(9-7-13)16(17,18)19/h5-11H,2-4H2,1H3. The van der Waals surface area contributed by atoms with Gasteiger partial charge in [0.15, 0.2) is 0 Å². The normalized spacial score (nSPS) is 11.6. The molecule has 0 bridgehead atoms. The van der Waals surface area contributed by atoms with Gasteiger partial charge in [-0.25, -0.2) is 0 Å². The molecule has 4 heteroatoms. The zero-order valence-electron chi connectivity index (χ0n) is 11.2. The van der Waals surface area contributed by atoms with Gasteiger partial charge in [0.2, 0.25) is 0 Å². The van der Waals surface area contributed by atoms with Gasteiger partial charge in [-0.2, -0.15) is 13.2 Å². The topological polar surface area (TPSA) is 12.9 Å². The summed E-state index contributed by atoms with van der Waals surface area (Å²) in [5.74, 6) is 0. The molecule has 0 unspecified atom stereocenters. The van der Waals surface area contributed by atoms with Gasteiger partial charge in [0, 0.05) is 11.8 Å². The second-order valence-electron chi connectivity index (χ2n) is 4.73. The summed E-state index contributed by atoms with van der Waals surface area (Å²) < 4.78 is 37.4. The minimum atomic E-state index is -4.30. The maximum Gasteiger partial charge on any atom is 0.416 e. The molecule has 0 fully saturated rings. The third-order valence-electron chi connectivity index (χ3n) is 3.15. The molecule has 0 spiro atoms. The molecule has 1 heterocycles. The van der Waals surface area contributed by atoms with Crippen LogP contribution < -0.4 is 0 Å². The molecule has 0 saturated heterocycles. The molecule has 0 saturated carbocycles. The van der Waals surface area contributed by atoms with E-state index in [1.165, 1.54) is 12.1 Å². The molecule has 2 rings (SSSR count). The van der Waals surface area contributed by atoms with Crippen LogP contribution in [0.5, 0.6) is 0 Å². The van der Waals surface area contributed by atoms with Crippen molar-refractivity contribution >= 4 is 0 Å². The van der Waals surface area contributed by atoms with E-state index in [-0.39, 0.29) is 0 Å². The van der Waals surface area contributed by atoms with E-state index < -0.39 is 11.7 Å². The lowest BCUT2D eigenvalue weighted by Gasteiger charge is -2.07. The Labute approximate surface area is 116 Å². The number of pyridine rings is 1. The summed E-state index contributed by atoms with van der Waals surface area (Å²) in [5, 5.41) is 0. The van der Waals surface area contributed by atoms with Gasteiger partial charge in [-0.15, -0.1) is 0 Å². The van der Waals surface area contributed by atoms with Gasteiger partial charge >= 0.3 is 6.18 Å². The molecule has 1 nitrogen and oxygen atoms in total. The quantitative estimate of drug-likeness (QED) is 0.757. The first-order chi connectivity index (χ1) is 9.50. The molecule has 0 aliphatic rings. The fourth-order valence-corrected chi connectivity index (χ4v) is 1.95. The highest BCUT2D eigenvalue weighted by Crippen LogP contribution is 2.30. The Balaban J connectivity index is 2.15. The number of aryl methyl sites for hydroxylation is 1. The molecule has 2 aromatic rings. The number of hydrogen-bond donors (Lipinski definition) is 0. The molecule has 0 aliphatic carbocycles. The number of halogens is 3. The van der Waals surface area contributed by atoms with E-state index in [0.29, 0.717) is 11.3 Å². The van der Waals surface area contributed by atoms with Gasteiger partial charge in [-0.3, -0.25) is 4.98 Å². The second-order valence-corrected chi connectivity index (χ2v) is 4.73. The molecular weight excluding hydrogens is 263 g/mol. The van der Waals surface area contributed by atoms with Crippen molar-refractivity contribution in [2.75, 3.05) is 0 Å². The molecule has 0 amide bonds. The van der Waals surface area contributed by atoms with Crippen molar-refractivity contribution in [2.24, 2.45) is 0 Å².